The van der Waals surface area contributed by atoms with E-state index in [0.29, 0.717) is 0 Å². The molecule has 14 heavy (non-hydrogen) atoms. The van der Waals surface area contributed by atoms with E-state index in [4.69, 9.17) is 0 Å². The summed E-state index contributed by atoms with van der Waals surface area (Å²) < 4.78 is 0.963. The molecule has 0 saturated heterocycles. The highest BCUT2D eigenvalue weighted by Gasteiger charge is 2.28. The van der Waals surface area contributed by atoms with Crippen LogP contribution in [-0.2, 0) is 0 Å². The van der Waals surface area contributed by atoms with Crippen LogP contribution in [0.15, 0.2) is 21.5 Å². The highest BCUT2D eigenvalue weighted by atomic mass is 79.9. The lowest BCUT2D eigenvalue weighted by Crippen LogP contribution is -2.16. The Bertz CT molecular complexity index is 405. The average Bonchev–Trinajstić information content (AvgIpc) is 2.41. The molecule has 1 aliphatic heterocycles. The zero-order valence-electron chi connectivity index (χ0n) is 7.93. The monoisotopic (exact) mass is 271 g/mol. The number of thioether (sulfide) groups is 1. The van der Waals surface area contributed by atoms with Gasteiger partial charge in [-0.1, -0.05) is 15.9 Å². The maximum atomic E-state index is 11.6. The third-order valence-electron chi connectivity index (χ3n) is 2.35. The Labute approximate surface area is 95.6 Å². The van der Waals surface area contributed by atoms with Gasteiger partial charge in [-0.15, -0.1) is 11.8 Å². The number of nitrogens with one attached hydrogen (secondary N) is 1. The van der Waals surface area contributed by atoms with Crippen LogP contribution in [-0.4, -0.2) is 12.2 Å². The van der Waals surface area contributed by atoms with Crippen LogP contribution >= 0.6 is 27.7 Å². The number of rotatable bonds is 1. The molecule has 1 heterocycles. The van der Waals surface area contributed by atoms with Gasteiger partial charge in [0.2, 0.25) is 0 Å². The van der Waals surface area contributed by atoms with Gasteiger partial charge in [0.05, 0.1) is 6.04 Å². The predicted octanol–water partition coefficient (Wildman–Crippen LogP) is 2.98. The van der Waals surface area contributed by atoms with Crippen molar-refractivity contribution in [2.24, 2.45) is 0 Å². The van der Waals surface area contributed by atoms with Gasteiger partial charge in [0.1, 0.15) is 0 Å². The molecule has 1 N–H and O–H groups in total. The van der Waals surface area contributed by atoms with Gasteiger partial charge < -0.3 is 5.32 Å². The number of fused-ring (bicyclic) bond motifs is 1. The highest BCUT2D eigenvalue weighted by molar-refractivity contribution is 9.10. The summed E-state index contributed by atoms with van der Waals surface area (Å²) in [6.07, 6.45) is 2.03. The summed E-state index contributed by atoms with van der Waals surface area (Å²) in [4.78, 5) is 12.7. The van der Waals surface area contributed by atoms with Gasteiger partial charge in [0.15, 0.2) is 0 Å². The third-order valence-corrected chi connectivity index (χ3v) is 3.59. The Morgan fingerprint density at radius 3 is 2.86 bits per heavy atom. The molecule has 1 aromatic carbocycles. The Kier molecular flexibility index (Phi) is 2.58. The Balaban J connectivity index is 2.66. The van der Waals surface area contributed by atoms with Gasteiger partial charge in [0, 0.05) is 20.5 Å². The number of hydrogen-bond acceptors (Lipinski definition) is 2. The minimum Gasteiger partial charge on any atom is -0.345 e. The number of halogens is 1. The van der Waals surface area contributed by atoms with E-state index in [1.807, 2.05) is 19.2 Å². The number of amides is 1. The van der Waals surface area contributed by atoms with Crippen LogP contribution in [0.4, 0.5) is 0 Å². The normalized spacial score (nSPS) is 19.4. The first-order chi connectivity index (χ1) is 6.63. The van der Waals surface area contributed by atoms with Crippen molar-refractivity contribution in [3.05, 3.63) is 27.7 Å². The average molecular weight is 272 g/mol. The van der Waals surface area contributed by atoms with Gasteiger partial charge in [-0.25, -0.2) is 0 Å². The molecule has 1 unspecified atom stereocenters. The summed E-state index contributed by atoms with van der Waals surface area (Å²) in [7, 11) is 0. The molecule has 1 aromatic rings. The van der Waals surface area contributed by atoms with Crippen molar-refractivity contribution in [2.75, 3.05) is 6.26 Å². The first-order valence-electron chi connectivity index (χ1n) is 4.31. The van der Waals surface area contributed by atoms with Crippen LogP contribution in [0.25, 0.3) is 0 Å². The van der Waals surface area contributed by atoms with E-state index in [2.05, 4.69) is 27.3 Å². The molecule has 1 atom stereocenters. The Morgan fingerprint density at radius 1 is 1.50 bits per heavy atom. The van der Waals surface area contributed by atoms with Crippen LogP contribution in [0.1, 0.15) is 28.9 Å². The topological polar surface area (TPSA) is 29.1 Å². The summed E-state index contributed by atoms with van der Waals surface area (Å²) in [6, 6.07) is 4.07. The number of benzene rings is 1. The first kappa shape index (κ1) is 10.1. The second-order valence-corrected chi connectivity index (χ2v) is 5.03. The second-order valence-electron chi connectivity index (χ2n) is 3.26. The lowest BCUT2D eigenvalue weighted by atomic mass is 10.1. The zero-order valence-corrected chi connectivity index (χ0v) is 10.3. The minimum atomic E-state index is 0.0316. The molecule has 0 fully saturated rings. The van der Waals surface area contributed by atoms with Crippen molar-refractivity contribution in [2.45, 2.75) is 17.9 Å². The smallest absolute Gasteiger partial charge is 0.252 e. The molecule has 0 bridgehead atoms. The summed E-state index contributed by atoms with van der Waals surface area (Å²) in [5, 5.41) is 2.91. The van der Waals surface area contributed by atoms with Gasteiger partial charge in [-0.05, 0) is 25.3 Å². The highest BCUT2D eigenvalue weighted by Crippen LogP contribution is 2.35. The lowest BCUT2D eigenvalue weighted by Gasteiger charge is -2.09. The van der Waals surface area contributed by atoms with E-state index < -0.39 is 0 Å². The molecular weight excluding hydrogens is 262 g/mol. The summed E-state index contributed by atoms with van der Waals surface area (Å²) >= 11 is 5.08. The fourth-order valence-electron chi connectivity index (χ4n) is 1.74. The van der Waals surface area contributed by atoms with Crippen molar-refractivity contribution in [3.63, 3.8) is 0 Å². The van der Waals surface area contributed by atoms with Crippen LogP contribution in [0.5, 0.6) is 0 Å². The largest absolute Gasteiger partial charge is 0.345 e. The van der Waals surface area contributed by atoms with Crippen molar-refractivity contribution >= 4 is 33.6 Å². The van der Waals surface area contributed by atoms with E-state index >= 15 is 0 Å². The van der Waals surface area contributed by atoms with Crippen LogP contribution < -0.4 is 5.32 Å². The van der Waals surface area contributed by atoms with Crippen LogP contribution in [0, 0.1) is 0 Å². The second kappa shape index (κ2) is 3.59. The molecule has 0 saturated carbocycles. The summed E-state index contributed by atoms with van der Waals surface area (Å²) in [5.74, 6) is 0.0316. The number of carbonyl (C=O) groups excluding carboxylic acids is 1. The quantitative estimate of drug-likeness (QED) is 0.796. The van der Waals surface area contributed by atoms with Crippen LogP contribution in [0.2, 0.25) is 0 Å². The molecule has 2 nitrogen and oxygen atoms in total. The van der Waals surface area contributed by atoms with Crippen molar-refractivity contribution in [1.29, 1.82) is 0 Å². The van der Waals surface area contributed by atoms with E-state index in [1.54, 1.807) is 11.8 Å². The zero-order chi connectivity index (χ0) is 10.3. The first-order valence-corrected chi connectivity index (χ1v) is 6.33. The van der Waals surface area contributed by atoms with Crippen molar-refractivity contribution in [3.8, 4) is 0 Å². The van der Waals surface area contributed by atoms with Crippen LogP contribution in [0.3, 0.4) is 0 Å². The molecule has 4 heteroatoms. The molecule has 0 aromatic heterocycles. The minimum absolute atomic E-state index is 0.0316. The van der Waals surface area contributed by atoms with Gasteiger partial charge in [-0.3, -0.25) is 4.79 Å². The molecule has 0 radical (unpaired) electrons. The Hall–Kier alpha value is -0.480. The van der Waals surface area contributed by atoms with Gasteiger partial charge >= 0.3 is 0 Å². The van der Waals surface area contributed by atoms with Gasteiger partial charge in [-0.2, -0.15) is 0 Å². The molecule has 2 rings (SSSR count). The predicted molar refractivity (Wildman–Crippen MR) is 61.8 cm³/mol. The SMILES string of the molecule is CSc1cc(Br)cc2c1C(C)NC2=O. The molecule has 0 aliphatic carbocycles. The fraction of sp³-hybridized carbons (Fsp3) is 0.300. The molecule has 0 spiro atoms. The molecule has 74 valence electrons. The third kappa shape index (κ3) is 1.46. The number of carbonyl (C=O) groups is 1. The van der Waals surface area contributed by atoms with Crippen molar-refractivity contribution < 1.29 is 4.79 Å². The maximum Gasteiger partial charge on any atom is 0.252 e. The fourth-order valence-corrected chi connectivity index (χ4v) is 3.10. The van der Waals surface area contributed by atoms with E-state index in [1.165, 1.54) is 4.90 Å². The number of hydrogen-bond donors (Lipinski definition) is 1. The lowest BCUT2D eigenvalue weighted by molar-refractivity contribution is 0.0958. The summed E-state index contributed by atoms with van der Waals surface area (Å²) in [6.45, 7) is 2.01. The molecule has 1 amide bonds. The van der Waals surface area contributed by atoms with Gasteiger partial charge in [0.25, 0.3) is 5.91 Å². The van der Waals surface area contributed by atoms with E-state index in [0.717, 1.165) is 15.6 Å². The van der Waals surface area contributed by atoms with Crippen molar-refractivity contribution in [1.82, 2.24) is 5.32 Å². The standard InChI is InChI=1S/C10H10BrNOS/c1-5-9-7(10(13)12-5)3-6(11)4-8(9)14-2/h3-5H,1-2H3,(H,12,13). The maximum absolute atomic E-state index is 11.6. The molecular formula is C10H10BrNOS. The van der Waals surface area contributed by atoms with E-state index in [-0.39, 0.29) is 11.9 Å². The molecule has 1 aliphatic rings. The summed E-state index contributed by atoms with van der Waals surface area (Å²) in [5.41, 5.74) is 1.93. The Morgan fingerprint density at radius 2 is 2.21 bits per heavy atom. The van der Waals surface area contributed by atoms with E-state index in [9.17, 15) is 4.79 Å².